The average Bonchev–Trinajstić information content (AvgIpc) is 3.05. The molecule has 0 saturated heterocycles. The van der Waals surface area contributed by atoms with Crippen molar-refractivity contribution in [3.8, 4) is 11.5 Å². The van der Waals surface area contributed by atoms with Gasteiger partial charge in [0.1, 0.15) is 12.4 Å². The predicted molar refractivity (Wildman–Crippen MR) is 110 cm³/mol. The Balaban J connectivity index is 1.76. The molecule has 0 unspecified atom stereocenters. The van der Waals surface area contributed by atoms with Crippen molar-refractivity contribution in [1.82, 2.24) is 14.9 Å². The second-order valence-corrected chi connectivity index (χ2v) is 6.91. The minimum absolute atomic E-state index is 0.126. The SMILES string of the molecule is CC(C)c1ccc(OCc2n[nH]c(=S)n2/N=C/c2ccc(O)c([N+](=O)[O-])c2)cc1. The van der Waals surface area contributed by atoms with Crippen molar-refractivity contribution in [3.05, 3.63) is 74.3 Å². The molecule has 0 bridgehead atoms. The van der Waals surface area contributed by atoms with Gasteiger partial charge in [0, 0.05) is 11.6 Å². The maximum atomic E-state index is 10.9. The number of nitro groups is 1. The molecule has 0 spiro atoms. The van der Waals surface area contributed by atoms with Gasteiger partial charge in [-0.1, -0.05) is 26.0 Å². The van der Waals surface area contributed by atoms with Gasteiger partial charge in [0.25, 0.3) is 0 Å². The smallest absolute Gasteiger partial charge is 0.311 e. The highest BCUT2D eigenvalue weighted by Crippen LogP contribution is 2.25. The summed E-state index contributed by atoms with van der Waals surface area (Å²) >= 11 is 5.18. The highest BCUT2D eigenvalue weighted by molar-refractivity contribution is 7.71. The normalized spacial score (nSPS) is 11.3. The summed E-state index contributed by atoms with van der Waals surface area (Å²) in [6, 6.07) is 11.7. The Bertz CT molecular complexity index is 1100. The molecule has 0 amide bonds. The van der Waals surface area contributed by atoms with E-state index in [9.17, 15) is 15.2 Å². The number of H-pyrrole nitrogens is 1. The van der Waals surface area contributed by atoms with Crippen molar-refractivity contribution in [2.45, 2.75) is 26.4 Å². The van der Waals surface area contributed by atoms with E-state index in [1.807, 2.05) is 24.3 Å². The lowest BCUT2D eigenvalue weighted by molar-refractivity contribution is -0.385. The minimum Gasteiger partial charge on any atom is -0.502 e. The third-order valence-electron chi connectivity index (χ3n) is 4.15. The summed E-state index contributed by atoms with van der Waals surface area (Å²) < 4.78 is 7.38. The summed E-state index contributed by atoms with van der Waals surface area (Å²) in [5.74, 6) is 1.15. The van der Waals surface area contributed by atoms with Crippen LogP contribution in [0.3, 0.4) is 0 Å². The Morgan fingerprint density at radius 3 is 2.72 bits per heavy atom. The van der Waals surface area contributed by atoms with Gasteiger partial charge in [-0.2, -0.15) is 14.9 Å². The van der Waals surface area contributed by atoms with E-state index in [0.717, 1.165) is 0 Å². The van der Waals surface area contributed by atoms with Crippen LogP contribution < -0.4 is 4.74 Å². The fraction of sp³-hybridized carbons (Fsp3) is 0.211. The van der Waals surface area contributed by atoms with E-state index in [0.29, 0.717) is 23.1 Å². The van der Waals surface area contributed by atoms with Crippen LogP contribution in [0.2, 0.25) is 0 Å². The van der Waals surface area contributed by atoms with Crippen molar-refractivity contribution in [3.63, 3.8) is 0 Å². The van der Waals surface area contributed by atoms with E-state index in [-0.39, 0.29) is 11.4 Å². The molecule has 29 heavy (non-hydrogen) atoms. The van der Waals surface area contributed by atoms with Gasteiger partial charge in [-0.15, -0.1) is 0 Å². The largest absolute Gasteiger partial charge is 0.502 e. The average molecular weight is 413 g/mol. The van der Waals surface area contributed by atoms with E-state index in [1.54, 1.807) is 0 Å². The molecule has 2 N–H and O–H groups in total. The first-order valence-corrected chi connectivity index (χ1v) is 9.17. The second-order valence-electron chi connectivity index (χ2n) is 6.52. The summed E-state index contributed by atoms with van der Waals surface area (Å²) in [7, 11) is 0. The van der Waals surface area contributed by atoms with Crippen LogP contribution in [0.25, 0.3) is 0 Å². The molecule has 0 atom stereocenters. The first kappa shape index (κ1) is 20.2. The van der Waals surface area contributed by atoms with E-state index in [2.05, 4.69) is 29.1 Å². The highest BCUT2D eigenvalue weighted by atomic mass is 32.1. The molecule has 1 heterocycles. The lowest BCUT2D eigenvalue weighted by atomic mass is 10.0. The van der Waals surface area contributed by atoms with Gasteiger partial charge < -0.3 is 9.84 Å². The summed E-state index contributed by atoms with van der Waals surface area (Å²) in [5.41, 5.74) is 1.24. The van der Waals surface area contributed by atoms with Gasteiger partial charge in [0.15, 0.2) is 11.6 Å². The number of phenols is 1. The number of aromatic nitrogens is 3. The summed E-state index contributed by atoms with van der Waals surface area (Å²) in [6.07, 6.45) is 1.39. The maximum Gasteiger partial charge on any atom is 0.311 e. The highest BCUT2D eigenvalue weighted by Gasteiger charge is 2.13. The quantitative estimate of drug-likeness (QED) is 0.260. The molecule has 0 fully saturated rings. The molecular formula is C19H19N5O4S. The molecule has 0 radical (unpaired) electrons. The van der Waals surface area contributed by atoms with Crippen molar-refractivity contribution >= 4 is 24.1 Å². The van der Waals surface area contributed by atoms with Crippen LogP contribution in [-0.4, -0.2) is 31.1 Å². The molecule has 1 aromatic heterocycles. The third kappa shape index (κ3) is 4.85. The number of benzene rings is 2. The number of hydrogen-bond acceptors (Lipinski definition) is 7. The molecule has 0 aliphatic carbocycles. The zero-order valence-corrected chi connectivity index (χ0v) is 16.6. The van der Waals surface area contributed by atoms with Gasteiger partial charge in [-0.3, -0.25) is 10.1 Å². The van der Waals surface area contributed by atoms with Crippen LogP contribution in [0.4, 0.5) is 5.69 Å². The minimum atomic E-state index is -0.667. The number of aromatic amines is 1. The molecule has 2 aromatic carbocycles. The number of ether oxygens (including phenoxy) is 1. The molecule has 0 aliphatic heterocycles. The van der Waals surface area contributed by atoms with Gasteiger partial charge in [0.2, 0.25) is 4.77 Å². The summed E-state index contributed by atoms with van der Waals surface area (Å²) in [6.45, 7) is 4.36. The van der Waals surface area contributed by atoms with E-state index in [4.69, 9.17) is 17.0 Å². The maximum absolute atomic E-state index is 10.9. The number of aromatic hydroxyl groups is 1. The number of phenolic OH excluding ortho intramolecular Hbond substituents is 1. The first-order chi connectivity index (χ1) is 13.8. The van der Waals surface area contributed by atoms with Crippen LogP contribution >= 0.6 is 12.2 Å². The molecule has 150 valence electrons. The van der Waals surface area contributed by atoms with Crippen molar-refractivity contribution in [2.75, 3.05) is 0 Å². The van der Waals surface area contributed by atoms with Gasteiger partial charge >= 0.3 is 5.69 Å². The van der Waals surface area contributed by atoms with Crippen LogP contribution in [0.1, 0.15) is 36.7 Å². The molecule has 0 aliphatic rings. The van der Waals surface area contributed by atoms with Gasteiger partial charge in [-0.05, 0) is 48.0 Å². The van der Waals surface area contributed by atoms with E-state index < -0.39 is 16.4 Å². The summed E-state index contributed by atoms with van der Waals surface area (Å²) in [5, 5.41) is 31.5. The Morgan fingerprint density at radius 1 is 1.34 bits per heavy atom. The van der Waals surface area contributed by atoms with Crippen LogP contribution in [-0.2, 0) is 6.61 Å². The lowest BCUT2D eigenvalue weighted by Gasteiger charge is -2.08. The molecular weight excluding hydrogens is 394 g/mol. The number of nitro benzene ring substituents is 1. The van der Waals surface area contributed by atoms with Crippen LogP contribution in [0.5, 0.6) is 11.5 Å². The van der Waals surface area contributed by atoms with Crippen molar-refractivity contribution < 1.29 is 14.8 Å². The lowest BCUT2D eigenvalue weighted by Crippen LogP contribution is -2.04. The monoisotopic (exact) mass is 413 g/mol. The molecule has 3 aromatic rings. The molecule has 10 heteroatoms. The molecule has 9 nitrogen and oxygen atoms in total. The van der Waals surface area contributed by atoms with Gasteiger partial charge in [0.05, 0.1) is 11.1 Å². The third-order valence-corrected chi connectivity index (χ3v) is 4.41. The second kappa shape index (κ2) is 8.65. The number of nitrogens with one attached hydrogen (secondary N) is 1. The molecule has 3 rings (SSSR count). The number of hydrogen-bond donors (Lipinski definition) is 2. The summed E-state index contributed by atoms with van der Waals surface area (Å²) in [4.78, 5) is 10.3. The Morgan fingerprint density at radius 2 is 2.07 bits per heavy atom. The first-order valence-electron chi connectivity index (χ1n) is 8.76. The number of rotatable bonds is 7. The fourth-order valence-electron chi connectivity index (χ4n) is 2.53. The molecule has 0 saturated carbocycles. The van der Waals surface area contributed by atoms with Crippen LogP contribution in [0.15, 0.2) is 47.6 Å². The standard InChI is InChI=1S/C19H19N5O4S/c1-12(2)14-4-6-15(7-5-14)28-11-18-21-22-19(29)23(18)20-10-13-3-8-17(25)16(9-13)24(26)27/h3-10,12,25H,11H2,1-2H3,(H,22,29)/b20-10+. The Labute approximate surface area is 171 Å². The zero-order chi connectivity index (χ0) is 21.0. The number of nitrogens with zero attached hydrogens (tertiary/aromatic N) is 4. The fourth-order valence-corrected chi connectivity index (χ4v) is 2.72. The Hall–Kier alpha value is -3.53. The van der Waals surface area contributed by atoms with Crippen molar-refractivity contribution in [2.24, 2.45) is 5.10 Å². The van der Waals surface area contributed by atoms with Crippen LogP contribution in [0, 0.1) is 14.9 Å². The van der Waals surface area contributed by atoms with Gasteiger partial charge in [-0.25, -0.2) is 5.10 Å². The predicted octanol–water partition coefficient (Wildman–Crippen LogP) is 4.14. The van der Waals surface area contributed by atoms with E-state index >= 15 is 0 Å². The van der Waals surface area contributed by atoms with E-state index in [1.165, 1.54) is 34.7 Å². The zero-order valence-electron chi connectivity index (χ0n) is 15.8. The topological polar surface area (TPSA) is 119 Å². The van der Waals surface area contributed by atoms with Crippen molar-refractivity contribution in [1.29, 1.82) is 0 Å². The Kier molecular flexibility index (Phi) is 6.03.